The zero-order valence-electron chi connectivity index (χ0n) is 9.48. The van der Waals surface area contributed by atoms with Crippen molar-refractivity contribution in [3.05, 3.63) is 27.3 Å². The second kappa shape index (κ2) is 5.83. The highest BCUT2D eigenvalue weighted by Crippen LogP contribution is 2.34. The molecular weight excluding hydrogens is 306 g/mol. The molecule has 8 heteroatoms. The van der Waals surface area contributed by atoms with Gasteiger partial charge in [-0.1, -0.05) is 30.0 Å². The summed E-state index contributed by atoms with van der Waals surface area (Å²) in [6.07, 6.45) is 1.67. The van der Waals surface area contributed by atoms with Gasteiger partial charge in [-0.3, -0.25) is 9.69 Å². The Morgan fingerprint density at radius 1 is 1.58 bits per heavy atom. The van der Waals surface area contributed by atoms with Crippen molar-refractivity contribution < 1.29 is 19.8 Å². The number of aliphatic hydroxyl groups is 1. The fraction of sp³-hybridized carbons (Fsp3) is 0.182. The third-order valence-electron chi connectivity index (χ3n) is 2.41. The first kappa shape index (κ1) is 14.2. The summed E-state index contributed by atoms with van der Waals surface area (Å²) in [6, 6.07) is 2.37. The molecule has 2 heterocycles. The molecule has 0 radical (unpaired) electrons. The monoisotopic (exact) mass is 315 g/mol. The van der Waals surface area contributed by atoms with E-state index in [0.717, 1.165) is 21.5 Å². The van der Waals surface area contributed by atoms with Crippen LogP contribution in [0.3, 0.4) is 0 Å². The first-order valence-electron chi connectivity index (χ1n) is 5.19. The van der Waals surface area contributed by atoms with E-state index in [9.17, 15) is 9.59 Å². The molecule has 5 nitrogen and oxygen atoms in total. The van der Waals surface area contributed by atoms with E-state index < -0.39 is 24.5 Å². The molecule has 100 valence electrons. The van der Waals surface area contributed by atoms with Crippen molar-refractivity contribution in [3.8, 4) is 0 Å². The number of hydrogen-bond acceptors (Lipinski definition) is 6. The molecule has 1 atom stereocenters. The molecule has 2 N–H and O–H groups in total. The Kier molecular flexibility index (Phi) is 4.35. The van der Waals surface area contributed by atoms with Crippen LogP contribution < -0.4 is 0 Å². The van der Waals surface area contributed by atoms with Gasteiger partial charge in [-0.2, -0.15) is 0 Å². The molecule has 0 aromatic carbocycles. The van der Waals surface area contributed by atoms with Gasteiger partial charge in [0.2, 0.25) is 0 Å². The zero-order chi connectivity index (χ0) is 14.0. The number of nitrogens with zero attached hydrogens (tertiary/aromatic N) is 1. The summed E-state index contributed by atoms with van der Waals surface area (Å²) in [5.41, 5.74) is 0. The second-order valence-corrected chi connectivity index (χ2v) is 6.26. The minimum absolute atomic E-state index is 0.147. The Labute approximate surface area is 122 Å². The van der Waals surface area contributed by atoms with Gasteiger partial charge in [0, 0.05) is 4.88 Å². The number of thioether (sulfide) groups is 1. The predicted octanol–water partition coefficient (Wildman–Crippen LogP) is 1.39. The third-order valence-corrected chi connectivity index (χ3v) is 4.56. The van der Waals surface area contributed by atoms with Gasteiger partial charge in [0.15, 0.2) is 6.04 Å². The van der Waals surface area contributed by atoms with Crippen molar-refractivity contribution in [1.29, 1.82) is 0 Å². The Hall–Kier alpha value is -1.22. The number of carbonyl (C=O) groups excluding carboxylic acids is 1. The fourth-order valence-electron chi connectivity index (χ4n) is 1.52. The number of amides is 1. The van der Waals surface area contributed by atoms with Crippen molar-refractivity contribution >= 4 is 57.6 Å². The molecule has 1 aliphatic rings. The number of rotatable bonds is 4. The number of carboxylic acids is 1. The molecule has 1 aliphatic heterocycles. The van der Waals surface area contributed by atoms with Gasteiger partial charge in [-0.05, 0) is 17.5 Å². The van der Waals surface area contributed by atoms with Crippen LogP contribution in [-0.4, -0.2) is 44.0 Å². The first-order chi connectivity index (χ1) is 9.04. The average molecular weight is 315 g/mol. The second-order valence-electron chi connectivity index (χ2n) is 3.60. The van der Waals surface area contributed by atoms with Crippen LogP contribution in [0, 0.1) is 0 Å². The summed E-state index contributed by atoms with van der Waals surface area (Å²) in [5, 5.41) is 19.9. The van der Waals surface area contributed by atoms with Crippen LogP contribution in [0.2, 0.25) is 0 Å². The van der Waals surface area contributed by atoms with Gasteiger partial charge < -0.3 is 10.2 Å². The number of carboxylic acid groups (broad SMARTS) is 1. The number of thiocarbonyl (C=S) groups is 1. The lowest BCUT2D eigenvalue weighted by Crippen LogP contribution is -2.46. The van der Waals surface area contributed by atoms with Crippen LogP contribution in [0.15, 0.2) is 22.4 Å². The molecular formula is C11H9NO4S3. The summed E-state index contributed by atoms with van der Waals surface area (Å²) in [4.78, 5) is 25.3. The lowest BCUT2D eigenvalue weighted by molar-refractivity contribution is -0.146. The standard InChI is InChI=1S/C11H9NO4S3/c13-5-7(10(15)16)12-9(14)8(19-11(12)17)4-6-2-1-3-18-6/h1-4,7,13H,5H2,(H,15,16). The van der Waals surface area contributed by atoms with Gasteiger partial charge in [0.1, 0.15) is 4.32 Å². The lowest BCUT2D eigenvalue weighted by atomic mass is 10.2. The lowest BCUT2D eigenvalue weighted by Gasteiger charge is -2.20. The zero-order valence-corrected chi connectivity index (χ0v) is 11.9. The molecule has 1 unspecified atom stereocenters. The molecule has 0 bridgehead atoms. The molecule has 19 heavy (non-hydrogen) atoms. The number of carbonyl (C=O) groups is 2. The van der Waals surface area contributed by atoms with Crippen molar-refractivity contribution in [2.75, 3.05) is 6.61 Å². The average Bonchev–Trinajstić information content (AvgIpc) is 2.94. The number of aliphatic carboxylic acids is 1. The highest BCUT2D eigenvalue weighted by molar-refractivity contribution is 8.26. The summed E-state index contributed by atoms with van der Waals surface area (Å²) in [5.74, 6) is -1.76. The largest absolute Gasteiger partial charge is 0.480 e. The highest BCUT2D eigenvalue weighted by Gasteiger charge is 2.40. The van der Waals surface area contributed by atoms with E-state index in [1.807, 2.05) is 17.5 Å². The quantitative estimate of drug-likeness (QED) is 0.646. The smallest absolute Gasteiger partial charge is 0.329 e. The van der Waals surface area contributed by atoms with Crippen molar-refractivity contribution in [1.82, 2.24) is 4.90 Å². The number of thiophene rings is 1. The Bertz CT molecular complexity index is 552. The van der Waals surface area contributed by atoms with E-state index in [0.29, 0.717) is 4.91 Å². The topological polar surface area (TPSA) is 77.8 Å². The van der Waals surface area contributed by atoms with Crippen LogP contribution in [0.5, 0.6) is 0 Å². The van der Waals surface area contributed by atoms with E-state index in [2.05, 4.69) is 0 Å². The summed E-state index contributed by atoms with van der Waals surface area (Å²) in [6.45, 7) is -0.673. The van der Waals surface area contributed by atoms with Gasteiger partial charge in [-0.25, -0.2) is 4.79 Å². The highest BCUT2D eigenvalue weighted by atomic mass is 32.2. The Balaban J connectivity index is 2.28. The van der Waals surface area contributed by atoms with E-state index in [1.165, 1.54) is 11.3 Å². The summed E-state index contributed by atoms with van der Waals surface area (Å²) < 4.78 is 0.147. The van der Waals surface area contributed by atoms with Crippen molar-refractivity contribution in [2.45, 2.75) is 6.04 Å². The maximum absolute atomic E-state index is 12.1. The first-order valence-corrected chi connectivity index (χ1v) is 7.29. The van der Waals surface area contributed by atoms with Gasteiger partial charge >= 0.3 is 5.97 Å². The van der Waals surface area contributed by atoms with Gasteiger partial charge in [-0.15, -0.1) is 11.3 Å². The van der Waals surface area contributed by atoms with Crippen LogP contribution in [0.25, 0.3) is 6.08 Å². The minimum Gasteiger partial charge on any atom is -0.480 e. The normalized spacial score (nSPS) is 19.2. The molecule has 2 rings (SSSR count). The van der Waals surface area contributed by atoms with Gasteiger partial charge in [0.25, 0.3) is 5.91 Å². The third kappa shape index (κ3) is 2.86. The van der Waals surface area contributed by atoms with Gasteiger partial charge in [0.05, 0.1) is 11.5 Å². The van der Waals surface area contributed by atoms with Crippen LogP contribution >= 0.6 is 35.3 Å². The molecule has 0 aliphatic carbocycles. The predicted molar refractivity (Wildman–Crippen MR) is 77.8 cm³/mol. The van der Waals surface area contributed by atoms with Crippen LogP contribution in [0.4, 0.5) is 0 Å². The number of aliphatic hydroxyl groups excluding tert-OH is 1. The Morgan fingerprint density at radius 2 is 2.32 bits per heavy atom. The molecule has 0 saturated carbocycles. The molecule has 0 spiro atoms. The van der Waals surface area contributed by atoms with E-state index >= 15 is 0 Å². The van der Waals surface area contributed by atoms with Crippen molar-refractivity contribution in [3.63, 3.8) is 0 Å². The van der Waals surface area contributed by atoms with E-state index in [-0.39, 0.29) is 4.32 Å². The summed E-state index contributed by atoms with van der Waals surface area (Å²) in [7, 11) is 0. The van der Waals surface area contributed by atoms with Crippen LogP contribution in [-0.2, 0) is 9.59 Å². The molecule has 1 aromatic rings. The molecule has 1 amide bonds. The maximum Gasteiger partial charge on any atom is 0.329 e. The van der Waals surface area contributed by atoms with Crippen LogP contribution in [0.1, 0.15) is 4.88 Å². The SMILES string of the molecule is O=C(O)C(CO)N1C(=O)C(=Cc2cccs2)SC1=S. The van der Waals surface area contributed by atoms with E-state index in [1.54, 1.807) is 6.08 Å². The minimum atomic E-state index is -1.33. The number of hydrogen-bond donors (Lipinski definition) is 2. The van der Waals surface area contributed by atoms with Crippen molar-refractivity contribution in [2.24, 2.45) is 0 Å². The maximum atomic E-state index is 12.1. The fourth-order valence-corrected chi connectivity index (χ4v) is 3.60. The van der Waals surface area contributed by atoms with E-state index in [4.69, 9.17) is 22.4 Å². The molecule has 1 aromatic heterocycles. The molecule has 1 saturated heterocycles. The summed E-state index contributed by atoms with van der Waals surface area (Å²) >= 11 is 7.52. The Morgan fingerprint density at radius 3 is 2.84 bits per heavy atom. The molecule has 1 fully saturated rings.